The minimum Gasteiger partial charge on any atom is -0.280 e. The Morgan fingerprint density at radius 1 is 1.14 bits per heavy atom. The minimum absolute atomic E-state index is 0.146. The fourth-order valence-electron chi connectivity index (χ4n) is 1.99. The maximum absolute atomic E-state index is 13.2. The molecule has 0 spiro atoms. The number of aryl methyl sites for hydroxylation is 2. The van der Waals surface area contributed by atoms with Crippen LogP contribution < -0.4 is 4.72 Å². The number of anilines is 1. The summed E-state index contributed by atoms with van der Waals surface area (Å²) in [5.74, 6) is -0.688. The predicted octanol–water partition coefficient (Wildman–Crippen LogP) is 3.12. The molecule has 0 fully saturated rings. The molecule has 0 heterocycles. The molecular weight excluding hydrogens is 291 g/mol. The van der Waals surface area contributed by atoms with E-state index in [9.17, 15) is 12.8 Å². The molecular formula is C15H13FN2O2S. The van der Waals surface area contributed by atoms with Crippen molar-refractivity contribution in [2.75, 3.05) is 4.72 Å². The largest absolute Gasteiger partial charge is 0.280 e. The zero-order chi connectivity index (χ0) is 15.6. The molecule has 4 nitrogen and oxygen atoms in total. The van der Waals surface area contributed by atoms with Crippen LogP contribution in [0.1, 0.15) is 16.7 Å². The molecule has 0 aliphatic carbocycles. The van der Waals surface area contributed by atoms with Gasteiger partial charge in [0.2, 0.25) is 0 Å². The first kappa shape index (κ1) is 15.0. The molecule has 0 aliphatic rings. The molecule has 6 heteroatoms. The van der Waals surface area contributed by atoms with Gasteiger partial charge in [0.15, 0.2) is 0 Å². The van der Waals surface area contributed by atoms with E-state index in [1.807, 2.05) is 6.92 Å². The maximum Gasteiger partial charge on any atom is 0.262 e. The van der Waals surface area contributed by atoms with E-state index in [0.29, 0.717) is 5.56 Å². The van der Waals surface area contributed by atoms with Crippen LogP contribution in [0.3, 0.4) is 0 Å². The monoisotopic (exact) mass is 304 g/mol. The summed E-state index contributed by atoms with van der Waals surface area (Å²) in [6.45, 7) is 3.57. The highest BCUT2D eigenvalue weighted by Gasteiger charge is 2.17. The SMILES string of the molecule is Cc1ccc(S(=O)(=O)Nc2ccc(F)c(C#N)c2)c(C)c1. The fourth-order valence-corrected chi connectivity index (χ4v) is 3.26. The first-order chi connectivity index (χ1) is 9.83. The number of hydrogen-bond donors (Lipinski definition) is 1. The van der Waals surface area contributed by atoms with E-state index in [1.165, 1.54) is 12.1 Å². The zero-order valence-corrected chi connectivity index (χ0v) is 12.3. The van der Waals surface area contributed by atoms with Crippen molar-refractivity contribution in [2.24, 2.45) is 0 Å². The Bertz CT molecular complexity index is 839. The number of halogens is 1. The average molecular weight is 304 g/mol. The first-order valence-electron chi connectivity index (χ1n) is 6.13. The third kappa shape index (κ3) is 3.20. The third-order valence-electron chi connectivity index (χ3n) is 2.96. The normalized spacial score (nSPS) is 11.0. The van der Waals surface area contributed by atoms with Gasteiger partial charge in [-0.05, 0) is 43.7 Å². The fraction of sp³-hybridized carbons (Fsp3) is 0.133. The van der Waals surface area contributed by atoms with Gasteiger partial charge in [-0.25, -0.2) is 12.8 Å². The molecule has 2 aromatic rings. The summed E-state index contributed by atoms with van der Waals surface area (Å²) in [6.07, 6.45) is 0. The van der Waals surface area contributed by atoms with Crippen LogP contribution in [0.25, 0.3) is 0 Å². The van der Waals surface area contributed by atoms with Crippen molar-refractivity contribution in [3.63, 3.8) is 0 Å². The molecule has 0 saturated carbocycles. The summed E-state index contributed by atoms with van der Waals surface area (Å²) in [5.41, 5.74) is 1.51. The van der Waals surface area contributed by atoms with Crippen molar-refractivity contribution in [2.45, 2.75) is 18.7 Å². The molecule has 0 amide bonds. The molecule has 0 bridgehead atoms. The van der Waals surface area contributed by atoms with Crippen molar-refractivity contribution in [1.29, 1.82) is 5.26 Å². The van der Waals surface area contributed by atoms with Crippen molar-refractivity contribution in [1.82, 2.24) is 0 Å². The molecule has 1 N–H and O–H groups in total. The number of nitriles is 1. The van der Waals surface area contributed by atoms with Crippen LogP contribution in [-0.4, -0.2) is 8.42 Å². The van der Waals surface area contributed by atoms with Crippen molar-refractivity contribution in [3.05, 3.63) is 58.9 Å². The van der Waals surface area contributed by atoms with Gasteiger partial charge in [-0.2, -0.15) is 5.26 Å². The number of rotatable bonds is 3. The topological polar surface area (TPSA) is 70.0 Å². The minimum atomic E-state index is -3.78. The van der Waals surface area contributed by atoms with E-state index in [4.69, 9.17) is 5.26 Å². The van der Waals surface area contributed by atoms with Gasteiger partial charge in [-0.1, -0.05) is 17.7 Å². The van der Waals surface area contributed by atoms with Crippen LogP contribution in [-0.2, 0) is 10.0 Å². The van der Waals surface area contributed by atoms with Gasteiger partial charge in [0, 0.05) is 0 Å². The van der Waals surface area contributed by atoms with Gasteiger partial charge >= 0.3 is 0 Å². The molecule has 21 heavy (non-hydrogen) atoms. The Labute approximate surface area is 122 Å². The van der Waals surface area contributed by atoms with E-state index in [2.05, 4.69) is 4.72 Å². The second-order valence-electron chi connectivity index (χ2n) is 4.68. The smallest absolute Gasteiger partial charge is 0.262 e. The Morgan fingerprint density at radius 2 is 1.86 bits per heavy atom. The highest BCUT2D eigenvalue weighted by Crippen LogP contribution is 2.21. The molecule has 0 aromatic heterocycles. The van der Waals surface area contributed by atoms with Crippen LogP contribution in [0.2, 0.25) is 0 Å². The first-order valence-corrected chi connectivity index (χ1v) is 7.61. The van der Waals surface area contributed by atoms with Crippen molar-refractivity contribution in [3.8, 4) is 6.07 Å². The van der Waals surface area contributed by atoms with Crippen LogP contribution >= 0.6 is 0 Å². The molecule has 0 aliphatic heterocycles. The summed E-state index contributed by atoms with van der Waals surface area (Å²) in [5, 5.41) is 8.77. The van der Waals surface area contributed by atoms with Crippen LogP contribution in [0.5, 0.6) is 0 Å². The Balaban J connectivity index is 2.40. The zero-order valence-electron chi connectivity index (χ0n) is 11.5. The van der Waals surface area contributed by atoms with Gasteiger partial charge in [-0.3, -0.25) is 4.72 Å². The lowest BCUT2D eigenvalue weighted by molar-refractivity contribution is 0.600. The molecule has 0 radical (unpaired) electrons. The average Bonchev–Trinajstić information content (AvgIpc) is 2.40. The number of nitrogens with one attached hydrogen (secondary N) is 1. The lowest BCUT2D eigenvalue weighted by Crippen LogP contribution is -2.14. The van der Waals surface area contributed by atoms with Crippen LogP contribution in [0.15, 0.2) is 41.3 Å². The standard InChI is InChI=1S/C15H13FN2O2S/c1-10-3-6-15(11(2)7-10)21(19,20)18-13-4-5-14(16)12(8-13)9-17/h3-8,18H,1-2H3. The molecule has 0 unspecified atom stereocenters. The van der Waals surface area contributed by atoms with E-state index in [0.717, 1.165) is 17.7 Å². The highest BCUT2D eigenvalue weighted by molar-refractivity contribution is 7.92. The lowest BCUT2D eigenvalue weighted by atomic mass is 10.2. The summed E-state index contributed by atoms with van der Waals surface area (Å²) < 4.78 is 40.2. The van der Waals surface area contributed by atoms with Gasteiger partial charge in [0.1, 0.15) is 11.9 Å². The molecule has 2 aromatic carbocycles. The van der Waals surface area contributed by atoms with Crippen LogP contribution in [0, 0.1) is 31.0 Å². The highest BCUT2D eigenvalue weighted by atomic mass is 32.2. The number of hydrogen-bond acceptors (Lipinski definition) is 3. The molecule has 0 saturated heterocycles. The van der Waals surface area contributed by atoms with Gasteiger partial charge in [0.25, 0.3) is 10.0 Å². The van der Waals surface area contributed by atoms with E-state index < -0.39 is 15.8 Å². The number of benzene rings is 2. The van der Waals surface area contributed by atoms with Crippen molar-refractivity contribution >= 4 is 15.7 Å². The second-order valence-corrected chi connectivity index (χ2v) is 6.33. The number of sulfonamides is 1. The van der Waals surface area contributed by atoms with Crippen molar-refractivity contribution < 1.29 is 12.8 Å². The molecule has 2 rings (SSSR count). The van der Waals surface area contributed by atoms with E-state index in [1.54, 1.807) is 25.1 Å². The van der Waals surface area contributed by atoms with Gasteiger partial charge < -0.3 is 0 Å². The third-order valence-corrected chi connectivity index (χ3v) is 4.50. The lowest BCUT2D eigenvalue weighted by Gasteiger charge is -2.11. The van der Waals surface area contributed by atoms with Crippen LogP contribution in [0.4, 0.5) is 10.1 Å². The molecule has 108 valence electrons. The quantitative estimate of drug-likeness (QED) is 0.947. The summed E-state index contributed by atoms with van der Waals surface area (Å²) in [4.78, 5) is 0.149. The van der Waals surface area contributed by atoms with E-state index >= 15 is 0 Å². The van der Waals surface area contributed by atoms with E-state index in [-0.39, 0.29) is 16.1 Å². The van der Waals surface area contributed by atoms with Gasteiger partial charge in [-0.15, -0.1) is 0 Å². The maximum atomic E-state index is 13.2. The number of nitrogens with zero attached hydrogens (tertiary/aromatic N) is 1. The second kappa shape index (κ2) is 5.54. The van der Waals surface area contributed by atoms with Gasteiger partial charge in [0.05, 0.1) is 16.1 Å². The Hall–Kier alpha value is -2.39. The molecule has 0 atom stereocenters. The summed E-state index contributed by atoms with van der Waals surface area (Å²) in [7, 11) is -3.78. The Morgan fingerprint density at radius 3 is 2.48 bits per heavy atom. The summed E-state index contributed by atoms with van der Waals surface area (Å²) in [6, 6.07) is 10.1. The predicted molar refractivity (Wildman–Crippen MR) is 77.8 cm³/mol. The summed E-state index contributed by atoms with van der Waals surface area (Å²) >= 11 is 0. The Kier molecular flexibility index (Phi) is 3.96.